The van der Waals surface area contributed by atoms with E-state index in [2.05, 4.69) is 13.8 Å². The minimum absolute atomic E-state index is 0.175. The zero-order valence-corrected chi connectivity index (χ0v) is 12.3. The maximum absolute atomic E-state index is 8.94. The molecule has 0 aromatic heterocycles. The van der Waals surface area contributed by atoms with Gasteiger partial charge < -0.3 is 14.6 Å². The Balaban J connectivity index is 3.08. The molecule has 1 aromatic rings. The topological polar surface area (TPSA) is 38.7 Å². The van der Waals surface area contributed by atoms with Crippen LogP contribution in [0.5, 0.6) is 11.5 Å². The third-order valence-electron chi connectivity index (χ3n) is 2.54. The van der Waals surface area contributed by atoms with Gasteiger partial charge in [-0.2, -0.15) is 0 Å². The van der Waals surface area contributed by atoms with Crippen molar-refractivity contribution in [2.75, 3.05) is 20.8 Å². The van der Waals surface area contributed by atoms with E-state index in [0.717, 1.165) is 28.4 Å². The number of rotatable bonds is 7. The van der Waals surface area contributed by atoms with Crippen molar-refractivity contribution in [1.29, 1.82) is 0 Å². The second kappa shape index (κ2) is 7.54. The first-order valence-corrected chi connectivity index (χ1v) is 7.02. The maximum atomic E-state index is 8.94. The van der Waals surface area contributed by atoms with Crippen molar-refractivity contribution >= 4 is 11.8 Å². The fraction of sp³-hybridized carbons (Fsp3) is 0.571. The molecular weight excluding hydrogens is 248 g/mol. The quantitative estimate of drug-likeness (QED) is 0.773. The molecule has 0 fully saturated rings. The van der Waals surface area contributed by atoms with Crippen LogP contribution >= 0.6 is 11.8 Å². The molecule has 0 bridgehead atoms. The second-order valence-electron chi connectivity index (χ2n) is 4.30. The molecule has 4 heteroatoms. The lowest BCUT2D eigenvalue weighted by atomic mass is 10.1. The Morgan fingerprint density at radius 1 is 1.17 bits per heavy atom. The number of aliphatic hydroxyl groups excluding tert-OH is 1. The van der Waals surface area contributed by atoms with E-state index in [1.807, 2.05) is 12.1 Å². The Morgan fingerprint density at radius 3 is 2.11 bits per heavy atom. The van der Waals surface area contributed by atoms with Crippen molar-refractivity contribution < 1.29 is 14.6 Å². The van der Waals surface area contributed by atoms with E-state index < -0.39 is 0 Å². The monoisotopic (exact) mass is 270 g/mol. The van der Waals surface area contributed by atoms with Crippen LogP contribution in [0, 0.1) is 0 Å². The van der Waals surface area contributed by atoms with Gasteiger partial charge in [-0.25, -0.2) is 0 Å². The molecule has 0 saturated heterocycles. The molecular formula is C14H22O3S. The molecule has 102 valence electrons. The highest BCUT2D eigenvalue weighted by atomic mass is 32.2. The van der Waals surface area contributed by atoms with Gasteiger partial charge in [-0.3, -0.25) is 0 Å². The third kappa shape index (κ3) is 4.10. The SMILES string of the molecule is COc1cc(SC(C)C)cc(OC)c1CCCO. The minimum atomic E-state index is 0.175. The lowest BCUT2D eigenvalue weighted by molar-refractivity contribution is 0.286. The Morgan fingerprint density at radius 2 is 1.72 bits per heavy atom. The van der Waals surface area contributed by atoms with Crippen molar-refractivity contribution in [2.45, 2.75) is 36.8 Å². The molecule has 0 radical (unpaired) electrons. The molecule has 0 heterocycles. The summed E-state index contributed by atoms with van der Waals surface area (Å²) in [4.78, 5) is 1.14. The number of ether oxygens (including phenoxy) is 2. The van der Waals surface area contributed by atoms with Gasteiger partial charge in [-0.05, 0) is 25.0 Å². The normalized spacial score (nSPS) is 10.8. The smallest absolute Gasteiger partial charge is 0.126 e. The van der Waals surface area contributed by atoms with Crippen molar-refractivity contribution in [3.63, 3.8) is 0 Å². The summed E-state index contributed by atoms with van der Waals surface area (Å²) in [5.41, 5.74) is 1.03. The predicted octanol–water partition coefficient (Wildman–Crippen LogP) is 3.13. The zero-order chi connectivity index (χ0) is 13.5. The molecule has 0 aliphatic carbocycles. The van der Waals surface area contributed by atoms with E-state index in [4.69, 9.17) is 14.6 Å². The summed E-state index contributed by atoms with van der Waals surface area (Å²) in [6.07, 6.45) is 1.47. The number of hydrogen-bond acceptors (Lipinski definition) is 4. The molecule has 0 atom stereocenters. The largest absolute Gasteiger partial charge is 0.496 e. The Bertz CT molecular complexity index is 352. The average molecular weight is 270 g/mol. The first kappa shape index (κ1) is 15.2. The van der Waals surface area contributed by atoms with E-state index in [-0.39, 0.29) is 6.61 Å². The van der Waals surface area contributed by atoms with Crippen LogP contribution in [0.1, 0.15) is 25.8 Å². The van der Waals surface area contributed by atoms with E-state index in [1.54, 1.807) is 26.0 Å². The Labute approximate surface area is 113 Å². The highest BCUT2D eigenvalue weighted by molar-refractivity contribution is 7.99. The zero-order valence-electron chi connectivity index (χ0n) is 11.5. The molecule has 1 N–H and O–H groups in total. The van der Waals surface area contributed by atoms with Crippen LogP contribution in [0.3, 0.4) is 0 Å². The van der Waals surface area contributed by atoms with Gasteiger partial charge in [-0.15, -0.1) is 11.8 Å². The lowest BCUT2D eigenvalue weighted by Crippen LogP contribution is -2.00. The van der Waals surface area contributed by atoms with Crippen LogP contribution in [0.2, 0.25) is 0 Å². The van der Waals surface area contributed by atoms with Crippen LogP contribution in [-0.4, -0.2) is 31.2 Å². The molecule has 3 nitrogen and oxygen atoms in total. The van der Waals surface area contributed by atoms with Gasteiger partial charge in [0.05, 0.1) is 14.2 Å². The van der Waals surface area contributed by atoms with Crippen molar-refractivity contribution in [3.05, 3.63) is 17.7 Å². The summed E-state index contributed by atoms with van der Waals surface area (Å²) in [6, 6.07) is 4.08. The maximum Gasteiger partial charge on any atom is 0.126 e. The first-order valence-electron chi connectivity index (χ1n) is 6.14. The van der Waals surface area contributed by atoms with Gasteiger partial charge in [0.15, 0.2) is 0 Å². The molecule has 0 spiro atoms. The van der Waals surface area contributed by atoms with Crippen molar-refractivity contribution in [3.8, 4) is 11.5 Å². The highest BCUT2D eigenvalue weighted by Gasteiger charge is 2.13. The molecule has 0 unspecified atom stereocenters. The van der Waals surface area contributed by atoms with Crippen LogP contribution < -0.4 is 9.47 Å². The summed E-state index contributed by atoms with van der Waals surface area (Å²) >= 11 is 1.78. The van der Waals surface area contributed by atoms with Crippen LogP contribution in [0.15, 0.2) is 17.0 Å². The summed E-state index contributed by atoms with van der Waals surface area (Å²) in [5, 5.41) is 9.46. The van der Waals surface area contributed by atoms with Gasteiger partial charge in [0.1, 0.15) is 11.5 Å². The standard InChI is InChI=1S/C14H22O3S/c1-10(2)18-11-8-13(16-3)12(6-5-7-15)14(9-11)17-4/h8-10,15H,5-7H2,1-4H3. The molecule has 0 amide bonds. The van der Waals surface area contributed by atoms with Gasteiger partial charge >= 0.3 is 0 Å². The summed E-state index contributed by atoms with van der Waals surface area (Å²) in [7, 11) is 3.34. The fourth-order valence-corrected chi connectivity index (χ4v) is 2.70. The molecule has 0 saturated carbocycles. The Kier molecular flexibility index (Phi) is 6.36. The fourth-order valence-electron chi connectivity index (χ4n) is 1.80. The van der Waals surface area contributed by atoms with Crippen LogP contribution in [-0.2, 0) is 6.42 Å². The lowest BCUT2D eigenvalue weighted by Gasteiger charge is -2.15. The van der Waals surface area contributed by atoms with Gasteiger partial charge in [0.25, 0.3) is 0 Å². The molecule has 18 heavy (non-hydrogen) atoms. The van der Waals surface area contributed by atoms with Crippen molar-refractivity contribution in [1.82, 2.24) is 0 Å². The summed E-state index contributed by atoms with van der Waals surface area (Å²) in [5.74, 6) is 1.68. The minimum Gasteiger partial charge on any atom is -0.496 e. The highest BCUT2D eigenvalue weighted by Crippen LogP contribution is 2.36. The number of hydrogen-bond donors (Lipinski definition) is 1. The number of aliphatic hydroxyl groups is 1. The van der Waals surface area contributed by atoms with Gasteiger partial charge in [0.2, 0.25) is 0 Å². The summed E-state index contributed by atoms with van der Waals surface area (Å²) < 4.78 is 10.9. The predicted molar refractivity (Wildman–Crippen MR) is 75.9 cm³/mol. The van der Waals surface area contributed by atoms with E-state index in [0.29, 0.717) is 11.7 Å². The van der Waals surface area contributed by atoms with Crippen LogP contribution in [0.25, 0.3) is 0 Å². The molecule has 1 aromatic carbocycles. The first-order chi connectivity index (χ1) is 8.62. The van der Waals surface area contributed by atoms with E-state index in [1.165, 1.54) is 0 Å². The van der Waals surface area contributed by atoms with E-state index >= 15 is 0 Å². The van der Waals surface area contributed by atoms with Crippen LogP contribution in [0.4, 0.5) is 0 Å². The number of benzene rings is 1. The molecule has 1 rings (SSSR count). The molecule has 0 aliphatic heterocycles. The second-order valence-corrected chi connectivity index (χ2v) is 5.95. The third-order valence-corrected chi connectivity index (χ3v) is 3.52. The summed E-state index contributed by atoms with van der Waals surface area (Å²) in [6.45, 7) is 4.49. The number of thioether (sulfide) groups is 1. The van der Waals surface area contributed by atoms with Gasteiger partial charge in [-0.1, -0.05) is 13.8 Å². The number of methoxy groups -OCH3 is 2. The Hall–Kier alpha value is -0.870. The van der Waals surface area contributed by atoms with Crippen molar-refractivity contribution in [2.24, 2.45) is 0 Å². The van der Waals surface area contributed by atoms with Gasteiger partial charge in [0, 0.05) is 22.3 Å². The van der Waals surface area contributed by atoms with E-state index in [9.17, 15) is 0 Å². The molecule has 0 aliphatic rings. The average Bonchev–Trinajstić information content (AvgIpc) is 2.35.